The molecule has 6 heteroatoms. The number of carbonyl (C=O) groups excluding carboxylic acids is 1. The van der Waals surface area contributed by atoms with Crippen molar-refractivity contribution in [2.45, 2.75) is 37.5 Å². The molecule has 2 aliphatic heterocycles. The fourth-order valence-electron chi connectivity index (χ4n) is 2.66. The highest BCUT2D eigenvalue weighted by Crippen LogP contribution is 2.24. The number of nitrogens with zero attached hydrogens (tertiary/aromatic N) is 1. The van der Waals surface area contributed by atoms with E-state index in [9.17, 15) is 4.79 Å². The highest BCUT2D eigenvalue weighted by molar-refractivity contribution is 7.99. The molecule has 2 rings (SSSR count). The highest BCUT2D eigenvalue weighted by Gasteiger charge is 2.32. The lowest BCUT2D eigenvalue weighted by molar-refractivity contribution is -0.137. The van der Waals surface area contributed by atoms with Gasteiger partial charge in [0.25, 0.3) is 0 Å². The number of hydrogen-bond donors (Lipinski definition) is 1. The number of carbonyl (C=O) groups is 1. The van der Waals surface area contributed by atoms with Gasteiger partial charge < -0.3 is 20.1 Å². The minimum absolute atomic E-state index is 0.00449. The van der Waals surface area contributed by atoms with Crippen LogP contribution in [0.15, 0.2) is 0 Å². The third-order valence-corrected chi connectivity index (χ3v) is 4.86. The Morgan fingerprint density at radius 2 is 2.42 bits per heavy atom. The van der Waals surface area contributed by atoms with Gasteiger partial charge in [0.1, 0.15) is 6.04 Å². The quantitative estimate of drug-likeness (QED) is 0.770. The number of ether oxygens (including phenoxy) is 2. The molecule has 5 nitrogen and oxygen atoms in total. The minimum Gasteiger partial charge on any atom is -0.383 e. The summed E-state index contributed by atoms with van der Waals surface area (Å²) in [4.78, 5) is 14.4. The van der Waals surface area contributed by atoms with E-state index in [2.05, 4.69) is 0 Å². The van der Waals surface area contributed by atoms with Gasteiger partial charge in [0, 0.05) is 32.1 Å². The number of methoxy groups -OCH3 is 1. The lowest BCUT2D eigenvalue weighted by atomic mass is 10.1. The maximum atomic E-state index is 12.5. The molecule has 0 aromatic carbocycles. The topological polar surface area (TPSA) is 64.8 Å². The lowest BCUT2D eigenvalue weighted by Crippen LogP contribution is -2.52. The van der Waals surface area contributed by atoms with E-state index < -0.39 is 6.04 Å². The molecule has 0 radical (unpaired) electrons. The molecule has 2 heterocycles. The number of amides is 1. The van der Waals surface area contributed by atoms with Crippen LogP contribution in [0.5, 0.6) is 0 Å². The normalized spacial score (nSPS) is 28.5. The summed E-state index contributed by atoms with van der Waals surface area (Å²) in [6.45, 7) is 1.78. The van der Waals surface area contributed by atoms with Crippen LogP contribution in [-0.2, 0) is 14.3 Å². The van der Waals surface area contributed by atoms with Gasteiger partial charge in [-0.3, -0.25) is 4.79 Å². The van der Waals surface area contributed by atoms with Crippen LogP contribution in [0.2, 0.25) is 0 Å². The average molecular weight is 288 g/mol. The van der Waals surface area contributed by atoms with Gasteiger partial charge in [0.05, 0.1) is 12.7 Å². The van der Waals surface area contributed by atoms with Crippen LogP contribution in [0.1, 0.15) is 19.3 Å². The van der Waals surface area contributed by atoms with Gasteiger partial charge in [-0.15, -0.1) is 0 Å². The number of hydrogen-bond acceptors (Lipinski definition) is 5. The first-order valence-electron chi connectivity index (χ1n) is 6.96. The highest BCUT2D eigenvalue weighted by atomic mass is 32.2. The molecule has 110 valence electrons. The number of thioether (sulfide) groups is 1. The molecule has 2 saturated heterocycles. The van der Waals surface area contributed by atoms with E-state index in [-0.39, 0.29) is 18.6 Å². The molecular weight excluding hydrogens is 264 g/mol. The Morgan fingerprint density at radius 3 is 3.00 bits per heavy atom. The van der Waals surface area contributed by atoms with Gasteiger partial charge >= 0.3 is 0 Å². The first kappa shape index (κ1) is 15.1. The van der Waals surface area contributed by atoms with Crippen molar-refractivity contribution in [3.05, 3.63) is 0 Å². The zero-order valence-electron chi connectivity index (χ0n) is 11.5. The van der Waals surface area contributed by atoms with E-state index in [1.54, 1.807) is 7.11 Å². The SMILES string of the molecule is COCC(N)C(=O)N(CC1CCCO1)C1CCSC1. The first-order chi connectivity index (χ1) is 9.22. The maximum Gasteiger partial charge on any atom is 0.242 e. The van der Waals surface area contributed by atoms with Crippen molar-refractivity contribution >= 4 is 17.7 Å². The first-order valence-corrected chi connectivity index (χ1v) is 8.12. The Balaban J connectivity index is 1.97. The Labute approximate surface area is 119 Å². The van der Waals surface area contributed by atoms with Crippen LogP contribution < -0.4 is 5.73 Å². The number of rotatable bonds is 6. The third kappa shape index (κ3) is 4.08. The van der Waals surface area contributed by atoms with Crippen molar-refractivity contribution in [3.63, 3.8) is 0 Å². The van der Waals surface area contributed by atoms with Crippen LogP contribution >= 0.6 is 11.8 Å². The predicted molar refractivity (Wildman–Crippen MR) is 76.3 cm³/mol. The largest absolute Gasteiger partial charge is 0.383 e. The summed E-state index contributed by atoms with van der Waals surface area (Å²) in [5.74, 6) is 2.14. The predicted octanol–water partition coefficient (Wildman–Crippen LogP) is 0.473. The molecule has 1 amide bonds. The van der Waals surface area contributed by atoms with Crippen LogP contribution in [0.3, 0.4) is 0 Å². The van der Waals surface area contributed by atoms with Crippen LogP contribution in [0.25, 0.3) is 0 Å². The fourth-order valence-corrected chi connectivity index (χ4v) is 3.88. The summed E-state index contributed by atoms with van der Waals surface area (Å²) in [6.07, 6.45) is 3.38. The Kier molecular flexibility index (Phi) is 5.94. The van der Waals surface area contributed by atoms with Crippen molar-refractivity contribution in [2.75, 3.05) is 38.4 Å². The van der Waals surface area contributed by atoms with Crippen molar-refractivity contribution in [1.82, 2.24) is 4.90 Å². The van der Waals surface area contributed by atoms with Crippen molar-refractivity contribution in [2.24, 2.45) is 5.73 Å². The maximum absolute atomic E-state index is 12.5. The second-order valence-corrected chi connectivity index (χ2v) is 6.35. The number of nitrogens with two attached hydrogens (primary N) is 1. The molecule has 0 aromatic rings. The Bertz CT molecular complexity index is 292. The van der Waals surface area contributed by atoms with Gasteiger partial charge in [-0.25, -0.2) is 0 Å². The van der Waals surface area contributed by atoms with Gasteiger partial charge in [-0.1, -0.05) is 0 Å². The third-order valence-electron chi connectivity index (χ3n) is 3.72. The minimum atomic E-state index is -0.558. The molecule has 0 spiro atoms. The summed E-state index contributed by atoms with van der Waals surface area (Å²) in [5, 5.41) is 0. The smallest absolute Gasteiger partial charge is 0.242 e. The summed E-state index contributed by atoms with van der Waals surface area (Å²) >= 11 is 1.90. The molecule has 3 atom stereocenters. The van der Waals surface area contributed by atoms with E-state index >= 15 is 0 Å². The van der Waals surface area contributed by atoms with Crippen LogP contribution in [0.4, 0.5) is 0 Å². The standard InChI is InChI=1S/C13H24N2O3S/c1-17-8-12(14)13(16)15(10-4-6-19-9-10)7-11-3-2-5-18-11/h10-12H,2-9,14H2,1H3. The van der Waals surface area contributed by atoms with E-state index in [1.807, 2.05) is 16.7 Å². The fraction of sp³-hybridized carbons (Fsp3) is 0.923. The van der Waals surface area contributed by atoms with Gasteiger partial charge in [-0.05, 0) is 25.0 Å². The second kappa shape index (κ2) is 7.47. The van der Waals surface area contributed by atoms with Crippen molar-refractivity contribution in [1.29, 1.82) is 0 Å². The lowest BCUT2D eigenvalue weighted by Gasteiger charge is -2.32. The molecule has 0 bridgehead atoms. The molecule has 3 unspecified atom stereocenters. The average Bonchev–Trinajstić information content (AvgIpc) is 3.08. The van der Waals surface area contributed by atoms with Gasteiger partial charge in [0.2, 0.25) is 5.91 Å². The summed E-state index contributed by atoms with van der Waals surface area (Å²) < 4.78 is 10.7. The van der Waals surface area contributed by atoms with Crippen LogP contribution in [0, 0.1) is 0 Å². The van der Waals surface area contributed by atoms with Crippen molar-refractivity contribution < 1.29 is 14.3 Å². The summed E-state index contributed by atoms with van der Waals surface area (Å²) in [6, 6.07) is -0.249. The van der Waals surface area contributed by atoms with Gasteiger partial charge in [0.15, 0.2) is 0 Å². The van der Waals surface area contributed by atoms with E-state index in [0.717, 1.165) is 37.4 Å². The van der Waals surface area contributed by atoms with Crippen LogP contribution in [-0.4, -0.2) is 67.4 Å². The monoisotopic (exact) mass is 288 g/mol. The molecule has 2 fully saturated rings. The molecule has 0 saturated carbocycles. The molecule has 0 aliphatic carbocycles. The van der Waals surface area contributed by atoms with E-state index in [1.165, 1.54) is 0 Å². The molecular formula is C13H24N2O3S. The summed E-state index contributed by atoms with van der Waals surface area (Å²) in [7, 11) is 1.57. The zero-order valence-corrected chi connectivity index (χ0v) is 12.4. The molecule has 19 heavy (non-hydrogen) atoms. The molecule has 0 aromatic heterocycles. The van der Waals surface area contributed by atoms with E-state index in [4.69, 9.17) is 15.2 Å². The zero-order chi connectivity index (χ0) is 13.7. The summed E-state index contributed by atoms with van der Waals surface area (Å²) in [5.41, 5.74) is 5.91. The van der Waals surface area contributed by atoms with Crippen molar-refractivity contribution in [3.8, 4) is 0 Å². The Hall–Kier alpha value is -0.300. The van der Waals surface area contributed by atoms with E-state index in [0.29, 0.717) is 12.6 Å². The Morgan fingerprint density at radius 1 is 1.58 bits per heavy atom. The molecule has 2 aliphatic rings. The van der Waals surface area contributed by atoms with Gasteiger partial charge in [-0.2, -0.15) is 11.8 Å². The molecule has 2 N–H and O–H groups in total. The second-order valence-electron chi connectivity index (χ2n) is 5.20.